The van der Waals surface area contributed by atoms with Gasteiger partial charge >= 0.3 is 0 Å². The number of ketones is 1. The molecule has 0 aromatic heterocycles. The van der Waals surface area contributed by atoms with Crippen molar-refractivity contribution in [3.05, 3.63) is 23.3 Å². The molecule has 0 radical (unpaired) electrons. The van der Waals surface area contributed by atoms with Crippen LogP contribution in [0.4, 0.5) is 0 Å². The topological polar surface area (TPSA) is 54.0 Å². The molecule has 1 aliphatic heterocycles. The SMILES string of the molecule is CCCCCCC1(c2cc(OCCCC)c([C@@H]3CC(=O)[C@@H]4C[C@H]3C4(C)C)c(OCCCC)c2)OCCO1. The summed E-state index contributed by atoms with van der Waals surface area (Å²) in [4.78, 5) is 13.2. The largest absolute Gasteiger partial charge is 0.493 e. The minimum atomic E-state index is -0.749. The van der Waals surface area contributed by atoms with Crippen LogP contribution in [0.15, 0.2) is 12.1 Å². The smallest absolute Gasteiger partial charge is 0.195 e. The van der Waals surface area contributed by atoms with E-state index in [1.165, 1.54) is 19.3 Å². The van der Waals surface area contributed by atoms with Crippen LogP contribution in [0.2, 0.25) is 0 Å². The van der Waals surface area contributed by atoms with Gasteiger partial charge in [0.25, 0.3) is 0 Å². The molecule has 4 aliphatic rings. The van der Waals surface area contributed by atoms with Crippen molar-refractivity contribution < 1.29 is 23.7 Å². The average Bonchev–Trinajstić information content (AvgIpc) is 3.36. The first kappa shape index (κ1) is 28.4. The maximum atomic E-state index is 13.2. The molecule has 0 amide bonds. The normalized spacial score (nSPS) is 25.6. The lowest BCUT2D eigenvalue weighted by molar-refractivity contribution is -0.172. The van der Waals surface area contributed by atoms with Gasteiger partial charge in [-0.15, -0.1) is 0 Å². The molecule has 1 heterocycles. The molecule has 1 aromatic carbocycles. The summed E-state index contributed by atoms with van der Waals surface area (Å²) in [5.41, 5.74) is 2.12. The summed E-state index contributed by atoms with van der Waals surface area (Å²) < 4.78 is 25.8. The van der Waals surface area contributed by atoms with Gasteiger partial charge < -0.3 is 18.9 Å². The Bertz CT molecular complexity index is 869. The number of hydrogen-bond acceptors (Lipinski definition) is 5. The lowest BCUT2D eigenvalue weighted by Crippen LogP contribution is -2.56. The Labute approximate surface area is 225 Å². The van der Waals surface area contributed by atoms with Crippen molar-refractivity contribution in [2.45, 2.75) is 117 Å². The van der Waals surface area contributed by atoms with E-state index in [9.17, 15) is 4.79 Å². The molecule has 3 saturated carbocycles. The van der Waals surface area contributed by atoms with Gasteiger partial charge in [-0.25, -0.2) is 0 Å². The molecular formula is C32H50O5. The second-order valence-electron chi connectivity index (χ2n) is 12.0. The van der Waals surface area contributed by atoms with Gasteiger partial charge in [0.05, 0.1) is 26.4 Å². The van der Waals surface area contributed by atoms with Crippen molar-refractivity contribution in [2.24, 2.45) is 17.3 Å². The highest BCUT2D eigenvalue weighted by atomic mass is 16.7. The Morgan fingerprint density at radius 2 is 1.46 bits per heavy atom. The third-order valence-electron chi connectivity index (χ3n) is 9.18. The van der Waals surface area contributed by atoms with Crippen LogP contribution in [0.1, 0.15) is 122 Å². The molecule has 2 bridgehead atoms. The number of carbonyl (C=O) groups is 1. The molecule has 37 heavy (non-hydrogen) atoms. The van der Waals surface area contributed by atoms with E-state index < -0.39 is 5.79 Å². The van der Waals surface area contributed by atoms with Crippen molar-refractivity contribution in [2.75, 3.05) is 26.4 Å². The van der Waals surface area contributed by atoms with Crippen LogP contribution >= 0.6 is 0 Å². The summed E-state index contributed by atoms with van der Waals surface area (Å²) in [5, 5.41) is 0. The third kappa shape index (κ3) is 5.88. The van der Waals surface area contributed by atoms with Gasteiger partial charge in [-0.05, 0) is 49.1 Å². The molecule has 0 N–H and O–H groups in total. The summed E-state index contributed by atoms with van der Waals surface area (Å²) in [6.45, 7) is 13.7. The first-order valence-electron chi connectivity index (χ1n) is 15.1. The number of ether oxygens (including phenoxy) is 4. The first-order valence-corrected chi connectivity index (χ1v) is 15.1. The van der Waals surface area contributed by atoms with Crippen LogP contribution in [0.3, 0.4) is 0 Å². The van der Waals surface area contributed by atoms with Crippen LogP contribution in [-0.2, 0) is 20.1 Å². The predicted octanol–water partition coefficient (Wildman–Crippen LogP) is 7.93. The molecule has 5 rings (SSSR count). The Morgan fingerprint density at radius 3 is 1.97 bits per heavy atom. The number of unbranched alkanes of at least 4 members (excludes halogenated alkanes) is 5. The van der Waals surface area contributed by atoms with Crippen LogP contribution < -0.4 is 9.47 Å². The molecule has 0 spiro atoms. The van der Waals surface area contributed by atoms with Crippen LogP contribution in [-0.4, -0.2) is 32.2 Å². The fraction of sp³-hybridized carbons (Fsp3) is 0.781. The quantitative estimate of drug-likeness (QED) is 0.222. The van der Waals surface area contributed by atoms with Gasteiger partial charge in [0.1, 0.15) is 17.3 Å². The molecule has 0 unspecified atom stereocenters. The minimum absolute atomic E-state index is 0.0260. The van der Waals surface area contributed by atoms with E-state index >= 15 is 0 Å². The van der Waals surface area contributed by atoms with Crippen molar-refractivity contribution in [3.8, 4) is 11.5 Å². The first-order chi connectivity index (χ1) is 17.9. The maximum Gasteiger partial charge on any atom is 0.195 e. The molecule has 1 aromatic rings. The zero-order valence-corrected chi connectivity index (χ0v) is 24.0. The maximum absolute atomic E-state index is 13.2. The van der Waals surface area contributed by atoms with E-state index in [-0.39, 0.29) is 17.3 Å². The Morgan fingerprint density at radius 1 is 0.865 bits per heavy atom. The average molecular weight is 515 g/mol. The highest BCUT2D eigenvalue weighted by Crippen LogP contribution is 2.64. The van der Waals surface area contributed by atoms with Gasteiger partial charge in [0, 0.05) is 35.8 Å². The third-order valence-corrected chi connectivity index (χ3v) is 9.18. The number of carbonyl (C=O) groups excluding carboxylic acids is 1. The lowest BCUT2D eigenvalue weighted by Gasteiger charge is -2.59. The molecule has 5 nitrogen and oxygen atoms in total. The summed E-state index contributed by atoms with van der Waals surface area (Å²) in [5.74, 6) is 2.17. The summed E-state index contributed by atoms with van der Waals surface area (Å²) in [6, 6.07) is 4.32. The number of rotatable bonds is 15. The van der Waals surface area contributed by atoms with Crippen molar-refractivity contribution >= 4 is 5.78 Å². The molecular weight excluding hydrogens is 464 g/mol. The lowest BCUT2D eigenvalue weighted by atomic mass is 9.44. The molecule has 5 heteroatoms. The van der Waals surface area contributed by atoms with E-state index in [4.69, 9.17) is 18.9 Å². The number of Topliss-reactive ketones (excluding diaryl/α,β-unsaturated/α-hetero) is 1. The zero-order valence-electron chi connectivity index (χ0n) is 24.0. The van der Waals surface area contributed by atoms with Gasteiger partial charge in [-0.2, -0.15) is 0 Å². The summed E-state index contributed by atoms with van der Waals surface area (Å²) >= 11 is 0. The van der Waals surface area contributed by atoms with Crippen molar-refractivity contribution in [1.29, 1.82) is 0 Å². The highest BCUT2D eigenvalue weighted by molar-refractivity contribution is 5.86. The standard InChI is InChI=1S/C32H50O5/c1-6-9-12-13-14-32(36-17-18-37-32)23-19-28(34-15-10-7-2)30(29(20-23)35-16-11-8-3)24-21-27(33)26-22-25(24)31(26,4)5/h19-20,24-26H,6-18,21-22H2,1-5H3/t24-,25-,26+/m1/s1. The Balaban J connectivity index is 1.76. The van der Waals surface area contributed by atoms with Crippen molar-refractivity contribution in [1.82, 2.24) is 0 Å². The van der Waals surface area contributed by atoms with E-state index in [1.54, 1.807) is 0 Å². The molecule has 3 atom stereocenters. The van der Waals surface area contributed by atoms with Crippen LogP contribution in [0.25, 0.3) is 0 Å². The van der Waals surface area contributed by atoms with E-state index in [0.717, 1.165) is 67.6 Å². The molecule has 1 saturated heterocycles. The number of benzene rings is 1. The summed E-state index contributed by atoms with van der Waals surface area (Å²) in [6.07, 6.45) is 11.2. The predicted molar refractivity (Wildman–Crippen MR) is 147 cm³/mol. The second-order valence-corrected chi connectivity index (χ2v) is 12.0. The number of fused-ring (bicyclic) bond motifs is 2. The Kier molecular flexibility index (Phi) is 9.61. The minimum Gasteiger partial charge on any atom is -0.493 e. The van der Waals surface area contributed by atoms with Gasteiger partial charge in [-0.3, -0.25) is 4.79 Å². The van der Waals surface area contributed by atoms with E-state index in [0.29, 0.717) is 44.5 Å². The summed E-state index contributed by atoms with van der Waals surface area (Å²) in [7, 11) is 0. The zero-order chi connectivity index (χ0) is 26.5. The van der Waals surface area contributed by atoms with E-state index in [1.807, 2.05) is 0 Å². The molecule has 208 valence electrons. The van der Waals surface area contributed by atoms with Crippen LogP contribution in [0, 0.1) is 17.3 Å². The van der Waals surface area contributed by atoms with Gasteiger partial charge in [-0.1, -0.05) is 66.7 Å². The Hall–Kier alpha value is -1.59. The fourth-order valence-electron chi connectivity index (χ4n) is 6.77. The van der Waals surface area contributed by atoms with Gasteiger partial charge in [0.2, 0.25) is 0 Å². The highest BCUT2D eigenvalue weighted by Gasteiger charge is 2.59. The van der Waals surface area contributed by atoms with Gasteiger partial charge in [0.15, 0.2) is 5.79 Å². The van der Waals surface area contributed by atoms with E-state index in [2.05, 4.69) is 46.8 Å². The second kappa shape index (κ2) is 12.5. The monoisotopic (exact) mass is 514 g/mol. The number of hydrogen-bond donors (Lipinski definition) is 0. The van der Waals surface area contributed by atoms with Crippen molar-refractivity contribution in [3.63, 3.8) is 0 Å². The molecule has 3 aliphatic carbocycles. The van der Waals surface area contributed by atoms with Crippen LogP contribution in [0.5, 0.6) is 11.5 Å². The molecule has 4 fully saturated rings. The fourth-order valence-corrected chi connectivity index (χ4v) is 6.77.